The largest absolute Gasteiger partial charge is 0.398 e. The third-order valence-electron chi connectivity index (χ3n) is 2.63. The van der Waals surface area contributed by atoms with Crippen LogP contribution in [0.4, 0.5) is 10.1 Å². The van der Waals surface area contributed by atoms with Crippen molar-refractivity contribution in [3.8, 4) is 0 Å². The summed E-state index contributed by atoms with van der Waals surface area (Å²) in [6.45, 7) is 0. The highest BCUT2D eigenvalue weighted by Gasteiger charge is 2.20. The molecule has 0 bridgehead atoms. The fraction of sp³-hybridized carbons (Fsp3) is 0.0769. The van der Waals surface area contributed by atoms with Crippen molar-refractivity contribution >= 4 is 31.5 Å². The lowest BCUT2D eigenvalue weighted by atomic mass is 10.2. The van der Waals surface area contributed by atoms with Crippen molar-refractivity contribution in [3.05, 3.63) is 58.3 Å². The van der Waals surface area contributed by atoms with E-state index in [1.54, 1.807) is 18.2 Å². The molecular formula is C13H11BrFNO2S. The van der Waals surface area contributed by atoms with E-state index in [1.165, 1.54) is 24.3 Å². The van der Waals surface area contributed by atoms with Gasteiger partial charge in [0, 0.05) is 0 Å². The molecule has 100 valence electrons. The van der Waals surface area contributed by atoms with Crippen molar-refractivity contribution in [1.29, 1.82) is 0 Å². The first-order chi connectivity index (χ1) is 8.92. The van der Waals surface area contributed by atoms with E-state index in [0.29, 0.717) is 5.56 Å². The number of nitrogens with two attached hydrogens (primary N) is 1. The number of para-hydroxylation sites is 1. The summed E-state index contributed by atoms with van der Waals surface area (Å²) in [6.07, 6.45) is 0. The Balaban J connectivity index is 2.43. The third-order valence-corrected chi connectivity index (χ3v) is 5.25. The van der Waals surface area contributed by atoms with Gasteiger partial charge in [-0.05, 0) is 39.7 Å². The highest BCUT2D eigenvalue weighted by atomic mass is 79.9. The number of sulfone groups is 1. The zero-order valence-electron chi connectivity index (χ0n) is 9.81. The van der Waals surface area contributed by atoms with Crippen LogP contribution in [-0.4, -0.2) is 8.42 Å². The Kier molecular flexibility index (Phi) is 3.91. The van der Waals surface area contributed by atoms with E-state index in [-0.39, 0.29) is 20.8 Å². The first-order valence-corrected chi connectivity index (χ1v) is 7.86. The Bertz CT molecular complexity index is 716. The number of hydrogen-bond acceptors (Lipinski definition) is 3. The Morgan fingerprint density at radius 2 is 1.79 bits per heavy atom. The van der Waals surface area contributed by atoms with Gasteiger partial charge in [0.15, 0.2) is 9.84 Å². The van der Waals surface area contributed by atoms with Crippen LogP contribution in [0.15, 0.2) is 51.8 Å². The van der Waals surface area contributed by atoms with Gasteiger partial charge in [0.2, 0.25) is 0 Å². The van der Waals surface area contributed by atoms with Gasteiger partial charge in [-0.15, -0.1) is 0 Å². The smallest absolute Gasteiger partial charge is 0.184 e. The van der Waals surface area contributed by atoms with Gasteiger partial charge in [-0.25, -0.2) is 12.8 Å². The Labute approximate surface area is 119 Å². The summed E-state index contributed by atoms with van der Waals surface area (Å²) < 4.78 is 38.1. The molecule has 0 fully saturated rings. The fourth-order valence-electron chi connectivity index (χ4n) is 1.71. The molecule has 0 radical (unpaired) electrons. The van der Waals surface area contributed by atoms with Crippen molar-refractivity contribution in [2.45, 2.75) is 10.6 Å². The van der Waals surface area contributed by atoms with Crippen molar-refractivity contribution in [2.75, 3.05) is 5.73 Å². The molecule has 0 aliphatic heterocycles. The SMILES string of the molecule is Nc1ccccc1S(=O)(=O)Cc1cccc(F)c1Br. The summed E-state index contributed by atoms with van der Waals surface area (Å²) in [7, 11) is -3.60. The lowest BCUT2D eigenvalue weighted by molar-refractivity contribution is 0.594. The van der Waals surface area contributed by atoms with E-state index in [4.69, 9.17) is 5.73 Å². The van der Waals surface area contributed by atoms with E-state index >= 15 is 0 Å². The second kappa shape index (κ2) is 5.30. The molecule has 0 saturated heterocycles. The molecule has 0 unspecified atom stereocenters. The zero-order valence-corrected chi connectivity index (χ0v) is 12.2. The third kappa shape index (κ3) is 2.96. The molecule has 6 heteroatoms. The summed E-state index contributed by atoms with van der Waals surface area (Å²) in [5.41, 5.74) is 6.22. The van der Waals surface area contributed by atoms with Crippen LogP contribution >= 0.6 is 15.9 Å². The van der Waals surface area contributed by atoms with Crippen LogP contribution in [0.5, 0.6) is 0 Å². The minimum Gasteiger partial charge on any atom is -0.398 e. The van der Waals surface area contributed by atoms with E-state index in [2.05, 4.69) is 15.9 Å². The molecule has 0 heterocycles. The molecular weight excluding hydrogens is 333 g/mol. The number of halogens is 2. The van der Waals surface area contributed by atoms with Gasteiger partial charge < -0.3 is 5.73 Å². The summed E-state index contributed by atoms with van der Waals surface area (Å²) in [5, 5.41) is 0. The quantitative estimate of drug-likeness (QED) is 0.871. The van der Waals surface area contributed by atoms with Gasteiger partial charge in [0.1, 0.15) is 5.82 Å². The van der Waals surface area contributed by atoms with Crippen molar-refractivity contribution < 1.29 is 12.8 Å². The maximum Gasteiger partial charge on any atom is 0.184 e. The van der Waals surface area contributed by atoms with Gasteiger partial charge in [-0.2, -0.15) is 0 Å². The second-order valence-electron chi connectivity index (χ2n) is 4.01. The van der Waals surface area contributed by atoms with E-state index in [1.807, 2.05) is 0 Å². The van der Waals surface area contributed by atoms with Crippen molar-refractivity contribution in [1.82, 2.24) is 0 Å². The first-order valence-electron chi connectivity index (χ1n) is 5.42. The van der Waals surface area contributed by atoms with Crippen molar-refractivity contribution in [2.24, 2.45) is 0 Å². The normalized spacial score (nSPS) is 11.5. The Hall–Kier alpha value is -1.40. The molecule has 0 aromatic heterocycles. The topological polar surface area (TPSA) is 60.2 Å². The second-order valence-corrected chi connectivity index (χ2v) is 6.76. The minimum atomic E-state index is -3.60. The molecule has 2 rings (SSSR count). The van der Waals surface area contributed by atoms with Crippen LogP contribution in [0, 0.1) is 5.82 Å². The molecule has 0 aliphatic rings. The van der Waals surface area contributed by atoms with E-state index in [9.17, 15) is 12.8 Å². The lowest BCUT2D eigenvalue weighted by Crippen LogP contribution is -2.08. The van der Waals surface area contributed by atoms with E-state index < -0.39 is 15.7 Å². The van der Waals surface area contributed by atoms with Crippen LogP contribution in [0.2, 0.25) is 0 Å². The first kappa shape index (κ1) is 14.0. The maximum absolute atomic E-state index is 13.4. The average molecular weight is 344 g/mol. The molecule has 0 spiro atoms. The molecule has 19 heavy (non-hydrogen) atoms. The van der Waals surface area contributed by atoms with Crippen LogP contribution in [0.25, 0.3) is 0 Å². The summed E-state index contributed by atoms with van der Waals surface area (Å²) in [4.78, 5) is 0.0613. The number of rotatable bonds is 3. The summed E-state index contributed by atoms with van der Waals surface area (Å²) in [6, 6.07) is 10.5. The van der Waals surface area contributed by atoms with Crippen LogP contribution in [-0.2, 0) is 15.6 Å². The van der Waals surface area contributed by atoms with Gasteiger partial charge in [-0.3, -0.25) is 0 Å². The van der Waals surface area contributed by atoms with Gasteiger partial charge in [-0.1, -0.05) is 24.3 Å². The highest BCUT2D eigenvalue weighted by Crippen LogP contribution is 2.27. The average Bonchev–Trinajstić information content (AvgIpc) is 2.35. The highest BCUT2D eigenvalue weighted by molar-refractivity contribution is 9.10. The van der Waals surface area contributed by atoms with Gasteiger partial charge in [0.05, 0.1) is 20.8 Å². The molecule has 2 aromatic carbocycles. The Morgan fingerprint density at radius 3 is 2.47 bits per heavy atom. The number of hydrogen-bond donors (Lipinski definition) is 1. The molecule has 0 saturated carbocycles. The Morgan fingerprint density at radius 1 is 1.11 bits per heavy atom. The standard InChI is InChI=1S/C13H11BrFNO2S/c14-13-9(4-3-5-10(13)15)8-19(17,18)12-7-2-1-6-11(12)16/h1-7H,8,16H2. The molecule has 2 N–H and O–H groups in total. The van der Waals surface area contributed by atoms with Crippen LogP contribution in [0.1, 0.15) is 5.56 Å². The predicted molar refractivity (Wildman–Crippen MR) is 75.8 cm³/mol. The molecule has 0 atom stereocenters. The van der Waals surface area contributed by atoms with Crippen molar-refractivity contribution in [3.63, 3.8) is 0 Å². The molecule has 3 nitrogen and oxygen atoms in total. The molecule has 0 aliphatic carbocycles. The monoisotopic (exact) mass is 343 g/mol. The minimum absolute atomic E-state index is 0.0613. The van der Waals surface area contributed by atoms with Crippen LogP contribution < -0.4 is 5.73 Å². The van der Waals surface area contributed by atoms with Gasteiger partial charge >= 0.3 is 0 Å². The number of anilines is 1. The predicted octanol–water partition coefficient (Wildman–Crippen LogP) is 3.14. The van der Waals surface area contributed by atoms with E-state index in [0.717, 1.165) is 0 Å². The summed E-state index contributed by atoms with van der Waals surface area (Å²) >= 11 is 3.05. The number of nitrogen functional groups attached to an aromatic ring is 1. The molecule has 2 aromatic rings. The molecule has 0 amide bonds. The fourth-order valence-corrected chi connectivity index (χ4v) is 3.81. The van der Waals surface area contributed by atoms with Crippen LogP contribution in [0.3, 0.4) is 0 Å². The lowest BCUT2D eigenvalue weighted by Gasteiger charge is -2.09. The number of benzene rings is 2. The zero-order chi connectivity index (χ0) is 14.0. The maximum atomic E-state index is 13.4. The summed E-state index contributed by atoms with van der Waals surface area (Å²) in [5.74, 6) is -0.798. The van der Waals surface area contributed by atoms with Gasteiger partial charge in [0.25, 0.3) is 0 Å².